The first kappa shape index (κ1) is 17.5. The lowest BCUT2D eigenvalue weighted by atomic mass is 10.2. The van der Waals surface area contributed by atoms with Crippen LogP contribution in [0.4, 0.5) is 0 Å². The smallest absolute Gasteiger partial charge is 0.271 e. The molecule has 1 saturated carbocycles. The number of hydrogen-bond acceptors (Lipinski definition) is 5. The Bertz CT molecular complexity index is 733. The number of carbonyl (C=O) groups excluding carboxylic acids is 1. The van der Waals surface area contributed by atoms with Gasteiger partial charge in [0.05, 0.1) is 18.2 Å². The predicted octanol–water partition coefficient (Wildman–Crippen LogP) is 3.25. The third-order valence-corrected chi connectivity index (χ3v) is 4.05. The Labute approximate surface area is 151 Å². The zero-order valence-electron chi connectivity index (χ0n) is 14.0. The van der Waals surface area contributed by atoms with Crippen LogP contribution in [0.2, 0.25) is 5.02 Å². The number of ether oxygens (including phenoxy) is 2. The number of rotatable bonds is 8. The summed E-state index contributed by atoms with van der Waals surface area (Å²) < 4.78 is 10.9. The molecule has 0 spiro atoms. The van der Waals surface area contributed by atoms with Crippen LogP contribution in [0.25, 0.3) is 0 Å². The minimum atomic E-state index is -0.361. The average molecular weight is 362 g/mol. The first-order valence-electron chi connectivity index (χ1n) is 8.31. The molecule has 2 heterocycles. The van der Waals surface area contributed by atoms with E-state index in [1.165, 1.54) is 12.8 Å². The SMILES string of the molecule is CCOc1ccc(Cl)c(C(=O)NCc2ccc(OCC3CC3)nc2)n1. The summed E-state index contributed by atoms with van der Waals surface area (Å²) in [5.74, 6) is 1.30. The van der Waals surface area contributed by atoms with Gasteiger partial charge in [-0.2, -0.15) is 0 Å². The third-order valence-electron chi connectivity index (χ3n) is 3.74. The minimum absolute atomic E-state index is 0.143. The summed E-state index contributed by atoms with van der Waals surface area (Å²) in [5.41, 5.74) is 1.01. The van der Waals surface area contributed by atoms with Gasteiger partial charge in [-0.25, -0.2) is 9.97 Å². The molecule has 0 aromatic carbocycles. The van der Waals surface area contributed by atoms with Crippen LogP contribution in [0.5, 0.6) is 11.8 Å². The van der Waals surface area contributed by atoms with Gasteiger partial charge in [-0.05, 0) is 37.3 Å². The van der Waals surface area contributed by atoms with Gasteiger partial charge < -0.3 is 14.8 Å². The monoisotopic (exact) mass is 361 g/mol. The van der Waals surface area contributed by atoms with Gasteiger partial charge in [0, 0.05) is 24.9 Å². The quantitative estimate of drug-likeness (QED) is 0.781. The van der Waals surface area contributed by atoms with Crippen molar-refractivity contribution < 1.29 is 14.3 Å². The molecule has 0 atom stereocenters. The summed E-state index contributed by atoms with van der Waals surface area (Å²) in [6.45, 7) is 3.37. The number of pyridine rings is 2. The fraction of sp³-hybridized carbons (Fsp3) is 0.389. The lowest BCUT2D eigenvalue weighted by molar-refractivity contribution is 0.0945. The molecule has 3 rings (SSSR count). The normalized spacial score (nSPS) is 13.4. The molecule has 2 aromatic rings. The first-order valence-corrected chi connectivity index (χ1v) is 8.68. The third kappa shape index (κ3) is 5.06. The summed E-state index contributed by atoms with van der Waals surface area (Å²) in [6, 6.07) is 6.92. The molecule has 1 aliphatic carbocycles. The number of nitrogens with zero attached hydrogens (tertiary/aromatic N) is 2. The van der Waals surface area contributed by atoms with Gasteiger partial charge in [0.2, 0.25) is 11.8 Å². The summed E-state index contributed by atoms with van der Waals surface area (Å²) in [4.78, 5) is 20.7. The molecule has 0 bridgehead atoms. The molecule has 132 valence electrons. The molecule has 0 unspecified atom stereocenters. The van der Waals surface area contributed by atoms with Crippen LogP contribution in [0.3, 0.4) is 0 Å². The van der Waals surface area contributed by atoms with Crippen LogP contribution in [-0.4, -0.2) is 29.1 Å². The Morgan fingerprint density at radius 3 is 2.72 bits per heavy atom. The van der Waals surface area contributed by atoms with Crippen LogP contribution in [-0.2, 0) is 6.54 Å². The van der Waals surface area contributed by atoms with E-state index in [4.69, 9.17) is 21.1 Å². The molecule has 6 nitrogen and oxygen atoms in total. The summed E-state index contributed by atoms with van der Waals surface area (Å²) in [7, 11) is 0. The van der Waals surface area contributed by atoms with Crippen molar-refractivity contribution in [1.82, 2.24) is 15.3 Å². The van der Waals surface area contributed by atoms with E-state index in [1.54, 1.807) is 18.3 Å². The second-order valence-corrected chi connectivity index (χ2v) is 6.26. The van der Waals surface area contributed by atoms with Gasteiger partial charge >= 0.3 is 0 Å². The highest BCUT2D eigenvalue weighted by atomic mass is 35.5. The largest absolute Gasteiger partial charge is 0.478 e. The maximum atomic E-state index is 12.3. The Kier molecular flexibility index (Phi) is 5.71. The van der Waals surface area contributed by atoms with E-state index in [0.717, 1.165) is 12.2 Å². The molecule has 2 aromatic heterocycles. The summed E-state index contributed by atoms with van der Waals surface area (Å²) in [5, 5.41) is 3.06. The topological polar surface area (TPSA) is 73.3 Å². The summed E-state index contributed by atoms with van der Waals surface area (Å²) in [6.07, 6.45) is 4.17. The number of nitrogens with one attached hydrogen (secondary N) is 1. The lowest BCUT2D eigenvalue weighted by Gasteiger charge is -2.09. The van der Waals surface area contributed by atoms with E-state index < -0.39 is 0 Å². The van der Waals surface area contributed by atoms with Crippen LogP contribution in [0, 0.1) is 5.92 Å². The van der Waals surface area contributed by atoms with Crippen molar-refractivity contribution in [3.8, 4) is 11.8 Å². The Morgan fingerprint density at radius 2 is 2.04 bits per heavy atom. The van der Waals surface area contributed by atoms with Crippen LogP contribution >= 0.6 is 11.6 Å². The average Bonchev–Trinajstić information content (AvgIpc) is 3.45. The van der Waals surface area contributed by atoms with E-state index in [-0.39, 0.29) is 16.6 Å². The first-order chi connectivity index (χ1) is 12.2. The molecular formula is C18H20ClN3O3. The van der Waals surface area contributed by atoms with E-state index in [2.05, 4.69) is 15.3 Å². The molecule has 0 aliphatic heterocycles. The maximum Gasteiger partial charge on any atom is 0.271 e. The Hall–Kier alpha value is -2.34. The highest BCUT2D eigenvalue weighted by Gasteiger charge is 2.22. The Morgan fingerprint density at radius 1 is 1.24 bits per heavy atom. The van der Waals surface area contributed by atoms with Crippen molar-refractivity contribution >= 4 is 17.5 Å². The molecule has 0 saturated heterocycles. The molecule has 1 amide bonds. The number of aromatic nitrogens is 2. The van der Waals surface area contributed by atoms with Gasteiger partial charge in [-0.1, -0.05) is 17.7 Å². The highest BCUT2D eigenvalue weighted by Crippen LogP contribution is 2.29. The summed E-state index contributed by atoms with van der Waals surface area (Å²) >= 11 is 6.05. The van der Waals surface area contributed by atoms with Gasteiger partial charge in [-0.15, -0.1) is 0 Å². The zero-order valence-corrected chi connectivity index (χ0v) is 14.8. The van der Waals surface area contributed by atoms with Crippen molar-refractivity contribution in [2.75, 3.05) is 13.2 Å². The van der Waals surface area contributed by atoms with Crippen LogP contribution in [0.1, 0.15) is 35.8 Å². The maximum absolute atomic E-state index is 12.3. The molecule has 0 radical (unpaired) electrons. The predicted molar refractivity (Wildman–Crippen MR) is 94.0 cm³/mol. The van der Waals surface area contributed by atoms with Crippen LogP contribution < -0.4 is 14.8 Å². The fourth-order valence-corrected chi connectivity index (χ4v) is 2.36. The second kappa shape index (κ2) is 8.16. The number of hydrogen-bond donors (Lipinski definition) is 1. The van der Waals surface area contributed by atoms with Crippen molar-refractivity contribution in [3.63, 3.8) is 0 Å². The number of amides is 1. The lowest BCUT2D eigenvalue weighted by Crippen LogP contribution is -2.24. The van der Waals surface area contributed by atoms with E-state index >= 15 is 0 Å². The second-order valence-electron chi connectivity index (χ2n) is 5.85. The van der Waals surface area contributed by atoms with Gasteiger partial charge in [0.15, 0.2) is 5.69 Å². The number of carbonyl (C=O) groups is 1. The molecule has 1 aliphatic rings. The van der Waals surface area contributed by atoms with Crippen molar-refractivity contribution in [2.24, 2.45) is 5.92 Å². The zero-order chi connectivity index (χ0) is 17.6. The van der Waals surface area contributed by atoms with E-state index in [1.807, 2.05) is 19.1 Å². The minimum Gasteiger partial charge on any atom is -0.478 e. The highest BCUT2D eigenvalue weighted by molar-refractivity contribution is 6.33. The molecule has 1 fully saturated rings. The van der Waals surface area contributed by atoms with Crippen LogP contribution in [0.15, 0.2) is 30.5 Å². The van der Waals surface area contributed by atoms with E-state index in [0.29, 0.717) is 30.8 Å². The fourth-order valence-electron chi connectivity index (χ4n) is 2.17. The molecule has 25 heavy (non-hydrogen) atoms. The molecule has 7 heteroatoms. The molecule has 1 N–H and O–H groups in total. The van der Waals surface area contributed by atoms with Crippen molar-refractivity contribution in [2.45, 2.75) is 26.3 Å². The number of halogens is 1. The van der Waals surface area contributed by atoms with E-state index in [9.17, 15) is 4.79 Å². The van der Waals surface area contributed by atoms with Gasteiger partial charge in [0.1, 0.15) is 0 Å². The Balaban J connectivity index is 1.55. The van der Waals surface area contributed by atoms with Gasteiger partial charge in [0.25, 0.3) is 5.91 Å². The standard InChI is InChI=1S/C18H20ClN3O3/c1-2-24-16-8-6-14(19)17(22-16)18(23)21-10-13-5-7-15(20-9-13)25-11-12-3-4-12/h5-9,12H,2-4,10-11H2,1H3,(H,21,23). The molecular weight excluding hydrogens is 342 g/mol. The van der Waals surface area contributed by atoms with Gasteiger partial charge in [-0.3, -0.25) is 4.79 Å². The van der Waals surface area contributed by atoms with Crippen molar-refractivity contribution in [1.29, 1.82) is 0 Å². The van der Waals surface area contributed by atoms with Crippen molar-refractivity contribution in [3.05, 3.63) is 46.7 Å².